The Morgan fingerprint density at radius 3 is 2.59 bits per heavy atom. The Balaban J connectivity index is 1.49. The van der Waals surface area contributed by atoms with Gasteiger partial charge >= 0.3 is 5.97 Å². The lowest BCUT2D eigenvalue weighted by molar-refractivity contribution is -0.150. The minimum atomic E-state index is -0.618. The minimum Gasteiger partial charge on any atom is -0.481 e. The summed E-state index contributed by atoms with van der Waals surface area (Å²) in [7, 11) is 0. The summed E-state index contributed by atoms with van der Waals surface area (Å²) in [5, 5.41) is 6.97. The Morgan fingerprint density at radius 1 is 1.07 bits per heavy atom. The summed E-state index contributed by atoms with van der Waals surface area (Å²) in [5.74, 6) is -0.447. The molecule has 5 nitrogen and oxygen atoms in total. The van der Waals surface area contributed by atoms with Crippen molar-refractivity contribution in [2.45, 2.75) is 13.0 Å². The van der Waals surface area contributed by atoms with Crippen LogP contribution < -0.4 is 10.1 Å². The van der Waals surface area contributed by atoms with Crippen LogP contribution in [0.25, 0.3) is 10.8 Å². The molecular formula is C20H18ClNO4S. The van der Waals surface area contributed by atoms with Gasteiger partial charge in [-0.3, -0.25) is 4.79 Å². The summed E-state index contributed by atoms with van der Waals surface area (Å²) in [5.41, 5.74) is 0. The van der Waals surface area contributed by atoms with E-state index in [1.54, 1.807) is 23.5 Å². The SMILES string of the molecule is C[C@@H](NC(=O)COC(=O)COc1ccc(Cl)c2ccccc12)c1cccs1. The van der Waals surface area contributed by atoms with Gasteiger partial charge < -0.3 is 14.8 Å². The summed E-state index contributed by atoms with van der Waals surface area (Å²) >= 11 is 7.72. The van der Waals surface area contributed by atoms with E-state index in [0.717, 1.165) is 15.6 Å². The van der Waals surface area contributed by atoms with E-state index in [1.165, 1.54) is 0 Å². The second-order valence-electron chi connectivity index (χ2n) is 5.85. The standard InChI is InChI=1S/C20H18ClNO4S/c1-13(18-7-4-10-27-18)22-19(23)11-26-20(24)12-25-17-9-8-16(21)14-5-2-3-6-15(14)17/h2-10,13H,11-12H2,1H3,(H,22,23)/t13-/m1/s1. The lowest BCUT2D eigenvalue weighted by atomic mass is 10.1. The molecule has 0 aliphatic rings. The Kier molecular flexibility index (Phi) is 6.32. The van der Waals surface area contributed by atoms with Crippen LogP contribution in [0.5, 0.6) is 5.75 Å². The fourth-order valence-electron chi connectivity index (χ4n) is 2.58. The van der Waals surface area contributed by atoms with Crippen LogP contribution in [0.2, 0.25) is 5.02 Å². The van der Waals surface area contributed by atoms with Gasteiger partial charge in [0.1, 0.15) is 5.75 Å². The number of esters is 1. The van der Waals surface area contributed by atoms with Crippen LogP contribution in [0.3, 0.4) is 0 Å². The van der Waals surface area contributed by atoms with E-state index in [2.05, 4.69) is 5.32 Å². The van der Waals surface area contributed by atoms with Crippen LogP contribution in [0.15, 0.2) is 53.9 Å². The molecule has 7 heteroatoms. The Morgan fingerprint density at radius 2 is 1.85 bits per heavy atom. The maximum atomic E-state index is 11.9. The molecule has 0 spiro atoms. The van der Waals surface area contributed by atoms with E-state index in [4.69, 9.17) is 21.1 Å². The van der Waals surface area contributed by atoms with Crippen molar-refractivity contribution in [1.29, 1.82) is 0 Å². The first-order chi connectivity index (χ1) is 13.0. The molecule has 3 rings (SSSR count). The lowest BCUT2D eigenvalue weighted by Gasteiger charge is -2.13. The molecule has 0 unspecified atom stereocenters. The predicted octanol–water partition coefficient (Wildman–Crippen LogP) is 4.35. The van der Waals surface area contributed by atoms with Crippen LogP contribution >= 0.6 is 22.9 Å². The molecule has 1 N–H and O–H groups in total. The molecule has 2 aromatic carbocycles. The number of hydrogen-bond donors (Lipinski definition) is 1. The van der Waals surface area contributed by atoms with E-state index in [9.17, 15) is 9.59 Å². The van der Waals surface area contributed by atoms with Gasteiger partial charge in [-0.2, -0.15) is 0 Å². The molecule has 0 bridgehead atoms. The zero-order valence-electron chi connectivity index (χ0n) is 14.6. The van der Waals surface area contributed by atoms with Crippen LogP contribution in [-0.4, -0.2) is 25.1 Å². The molecule has 0 aliphatic carbocycles. The number of benzene rings is 2. The molecule has 3 aromatic rings. The van der Waals surface area contributed by atoms with Crippen molar-refractivity contribution in [3.05, 3.63) is 63.8 Å². The molecule has 0 saturated heterocycles. The van der Waals surface area contributed by atoms with Gasteiger partial charge in [0, 0.05) is 20.7 Å². The van der Waals surface area contributed by atoms with Gasteiger partial charge in [0.05, 0.1) is 6.04 Å². The van der Waals surface area contributed by atoms with Crippen LogP contribution in [0, 0.1) is 0 Å². The van der Waals surface area contributed by atoms with Gasteiger partial charge in [-0.1, -0.05) is 41.9 Å². The van der Waals surface area contributed by atoms with Gasteiger partial charge in [0.25, 0.3) is 5.91 Å². The molecule has 0 radical (unpaired) electrons. The summed E-state index contributed by atoms with van der Waals surface area (Å²) in [6.07, 6.45) is 0. The normalized spacial score (nSPS) is 11.8. The van der Waals surface area contributed by atoms with Gasteiger partial charge in [-0.25, -0.2) is 4.79 Å². The smallest absolute Gasteiger partial charge is 0.344 e. The van der Waals surface area contributed by atoms with Crippen molar-refractivity contribution < 1.29 is 19.1 Å². The molecule has 1 atom stereocenters. The average molecular weight is 404 g/mol. The highest BCUT2D eigenvalue weighted by Gasteiger charge is 2.13. The number of amides is 1. The topological polar surface area (TPSA) is 64.6 Å². The highest BCUT2D eigenvalue weighted by atomic mass is 35.5. The zero-order chi connectivity index (χ0) is 19.2. The first kappa shape index (κ1) is 19.2. The number of carbonyl (C=O) groups is 2. The zero-order valence-corrected chi connectivity index (χ0v) is 16.2. The largest absolute Gasteiger partial charge is 0.481 e. The summed E-state index contributed by atoms with van der Waals surface area (Å²) in [4.78, 5) is 24.8. The number of carbonyl (C=O) groups excluding carboxylic acids is 2. The van der Waals surface area contributed by atoms with Crippen LogP contribution in [0.4, 0.5) is 0 Å². The van der Waals surface area contributed by atoms with Crippen molar-refractivity contribution >= 4 is 45.6 Å². The third-order valence-electron chi connectivity index (χ3n) is 3.89. The van der Waals surface area contributed by atoms with Crippen molar-refractivity contribution in [1.82, 2.24) is 5.32 Å². The number of halogens is 1. The van der Waals surface area contributed by atoms with Gasteiger partial charge in [-0.05, 0) is 30.5 Å². The molecule has 140 valence electrons. The maximum absolute atomic E-state index is 11.9. The number of thiophene rings is 1. The number of rotatable bonds is 7. The molecule has 0 aliphatic heterocycles. The van der Waals surface area contributed by atoms with Gasteiger partial charge in [0.2, 0.25) is 0 Å². The molecule has 1 aromatic heterocycles. The quantitative estimate of drug-likeness (QED) is 0.595. The van der Waals surface area contributed by atoms with Gasteiger partial charge in [-0.15, -0.1) is 11.3 Å². The number of nitrogens with one attached hydrogen (secondary N) is 1. The number of fused-ring (bicyclic) bond motifs is 1. The molecule has 1 amide bonds. The molecular weight excluding hydrogens is 386 g/mol. The van der Waals surface area contributed by atoms with E-state index in [-0.39, 0.29) is 25.2 Å². The molecule has 1 heterocycles. The second-order valence-corrected chi connectivity index (χ2v) is 7.23. The Bertz CT molecular complexity index is 942. The van der Waals surface area contributed by atoms with E-state index < -0.39 is 5.97 Å². The van der Waals surface area contributed by atoms with Crippen molar-refractivity contribution in [3.8, 4) is 5.75 Å². The maximum Gasteiger partial charge on any atom is 0.344 e. The van der Waals surface area contributed by atoms with E-state index in [0.29, 0.717) is 10.8 Å². The average Bonchev–Trinajstić information content (AvgIpc) is 3.21. The fraction of sp³-hybridized carbons (Fsp3) is 0.200. The highest BCUT2D eigenvalue weighted by Crippen LogP contribution is 2.31. The highest BCUT2D eigenvalue weighted by molar-refractivity contribution is 7.10. The third kappa shape index (κ3) is 4.99. The van der Waals surface area contributed by atoms with Crippen molar-refractivity contribution in [3.63, 3.8) is 0 Å². The number of ether oxygens (including phenoxy) is 2. The summed E-state index contributed by atoms with van der Waals surface area (Å²) in [6.45, 7) is 1.24. The van der Waals surface area contributed by atoms with Crippen molar-refractivity contribution in [2.24, 2.45) is 0 Å². The Hall–Kier alpha value is -2.57. The molecule has 27 heavy (non-hydrogen) atoms. The van der Waals surface area contributed by atoms with Crippen LogP contribution in [0.1, 0.15) is 17.8 Å². The first-order valence-corrected chi connectivity index (χ1v) is 9.59. The van der Waals surface area contributed by atoms with E-state index in [1.807, 2.05) is 48.7 Å². The fourth-order valence-corrected chi connectivity index (χ4v) is 3.54. The van der Waals surface area contributed by atoms with Gasteiger partial charge in [0.15, 0.2) is 13.2 Å². The molecule has 0 saturated carbocycles. The van der Waals surface area contributed by atoms with E-state index >= 15 is 0 Å². The second kappa shape index (κ2) is 8.88. The number of hydrogen-bond acceptors (Lipinski definition) is 5. The predicted molar refractivity (Wildman–Crippen MR) is 106 cm³/mol. The third-order valence-corrected chi connectivity index (χ3v) is 5.27. The lowest BCUT2D eigenvalue weighted by Crippen LogP contribution is -2.31. The Labute approximate surface area is 165 Å². The minimum absolute atomic E-state index is 0.132. The summed E-state index contributed by atoms with van der Waals surface area (Å²) < 4.78 is 10.5. The summed E-state index contributed by atoms with van der Waals surface area (Å²) in [6, 6.07) is 14.6. The van der Waals surface area contributed by atoms with Crippen molar-refractivity contribution in [2.75, 3.05) is 13.2 Å². The van der Waals surface area contributed by atoms with Crippen LogP contribution in [-0.2, 0) is 14.3 Å². The monoisotopic (exact) mass is 403 g/mol. The first-order valence-electron chi connectivity index (χ1n) is 8.33. The molecule has 0 fully saturated rings.